The Morgan fingerprint density at radius 3 is 2.56 bits per heavy atom. The van der Waals surface area contributed by atoms with Gasteiger partial charge in [0.2, 0.25) is 0 Å². The molecular formula is C18H20N4O5. The number of rotatable bonds is 4. The van der Waals surface area contributed by atoms with E-state index in [4.69, 9.17) is 0 Å². The molecule has 0 saturated carbocycles. The maximum atomic E-state index is 13.1. The van der Waals surface area contributed by atoms with Crippen molar-refractivity contribution >= 4 is 17.6 Å². The number of carboxylic acid groups (broad SMARTS) is 1. The minimum absolute atomic E-state index is 0.0455. The van der Waals surface area contributed by atoms with Crippen molar-refractivity contribution in [1.29, 1.82) is 0 Å². The molecule has 1 aliphatic rings. The normalized spacial score (nSPS) is 19.7. The van der Waals surface area contributed by atoms with Crippen molar-refractivity contribution in [2.24, 2.45) is 12.5 Å². The van der Waals surface area contributed by atoms with Crippen molar-refractivity contribution in [1.82, 2.24) is 14.7 Å². The van der Waals surface area contributed by atoms with E-state index in [1.54, 1.807) is 37.2 Å². The third kappa shape index (κ3) is 3.53. The number of non-ortho nitro benzene ring substituents is 1. The van der Waals surface area contributed by atoms with Gasteiger partial charge in [-0.05, 0) is 31.9 Å². The summed E-state index contributed by atoms with van der Waals surface area (Å²) in [5, 5.41) is 24.6. The number of hydrogen-bond acceptors (Lipinski definition) is 5. The van der Waals surface area contributed by atoms with Gasteiger partial charge in [0.15, 0.2) is 0 Å². The number of likely N-dealkylation sites (tertiary alicyclic amines) is 1. The fraction of sp³-hybridized carbons (Fsp3) is 0.389. The number of benzene rings is 1. The summed E-state index contributed by atoms with van der Waals surface area (Å²) in [6.07, 6.45) is 2.72. The lowest BCUT2D eigenvalue weighted by Crippen LogP contribution is -2.48. The van der Waals surface area contributed by atoms with E-state index < -0.39 is 16.3 Å². The molecule has 1 amide bonds. The second kappa shape index (κ2) is 6.82. The predicted molar refractivity (Wildman–Crippen MR) is 96.2 cm³/mol. The summed E-state index contributed by atoms with van der Waals surface area (Å²) in [6, 6.07) is 5.82. The first kappa shape index (κ1) is 18.6. The van der Waals surface area contributed by atoms with Gasteiger partial charge >= 0.3 is 5.97 Å². The van der Waals surface area contributed by atoms with Crippen molar-refractivity contribution in [3.05, 3.63) is 46.1 Å². The molecule has 2 heterocycles. The smallest absolute Gasteiger partial charge is 0.311 e. The van der Waals surface area contributed by atoms with Crippen LogP contribution in [0.25, 0.3) is 11.3 Å². The molecule has 1 N–H and O–H groups in total. The lowest BCUT2D eigenvalue weighted by molar-refractivity contribution is -0.384. The molecule has 9 heteroatoms. The largest absolute Gasteiger partial charge is 0.481 e. The van der Waals surface area contributed by atoms with Crippen LogP contribution in [0.1, 0.15) is 30.1 Å². The second-order valence-corrected chi connectivity index (χ2v) is 7.07. The first-order chi connectivity index (χ1) is 12.7. The lowest BCUT2D eigenvalue weighted by atomic mass is 9.82. The Bertz CT molecular complexity index is 905. The fourth-order valence-electron chi connectivity index (χ4n) is 3.36. The number of nitro benzene ring substituents is 1. The van der Waals surface area contributed by atoms with E-state index in [1.807, 2.05) is 0 Å². The summed E-state index contributed by atoms with van der Waals surface area (Å²) in [7, 11) is 1.68. The highest BCUT2D eigenvalue weighted by Crippen LogP contribution is 2.32. The van der Waals surface area contributed by atoms with E-state index in [0.717, 1.165) is 0 Å². The molecule has 3 rings (SSSR count). The van der Waals surface area contributed by atoms with E-state index in [9.17, 15) is 24.8 Å². The molecule has 1 fully saturated rings. The maximum absolute atomic E-state index is 13.1. The Labute approximate surface area is 155 Å². The van der Waals surface area contributed by atoms with E-state index in [1.165, 1.54) is 16.8 Å². The quantitative estimate of drug-likeness (QED) is 0.650. The fourth-order valence-corrected chi connectivity index (χ4v) is 3.36. The molecule has 1 atom stereocenters. The number of nitrogens with zero attached hydrogens (tertiary/aromatic N) is 4. The highest BCUT2D eigenvalue weighted by atomic mass is 16.6. The van der Waals surface area contributed by atoms with Crippen molar-refractivity contribution in [2.45, 2.75) is 19.8 Å². The Hall–Kier alpha value is -3.23. The summed E-state index contributed by atoms with van der Waals surface area (Å²) in [5.74, 6) is -1.20. The molecule has 142 valence electrons. The van der Waals surface area contributed by atoms with Crippen LogP contribution in [0.3, 0.4) is 0 Å². The first-order valence-electron chi connectivity index (χ1n) is 8.52. The van der Waals surface area contributed by atoms with Crippen LogP contribution in [0, 0.1) is 15.5 Å². The average molecular weight is 372 g/mol. The monoisotopic (exact) mass is 372 g/mol. The number of carboxylic acids is 1. The highest BCUT2D eigenvalue weighted by Gasteiger charge is 2.40. The van der Waals surface area contributed by atoms with Crippen LogP contribution in [0.2, 0.25) is 0 Å². The molecular weight excluding hydrogens is 352 g/mol. The number of aryl methyl sites for hydroxylation is 1. The van der Waals surface area contributed by atoms with Crippen molar-refractivity contribution in [2.75, 3.05) is 13.1 Å². The number of carbonyl (C=O) groups is 2. The predicted octanol–water partition coefficient (Wildman–Crippen LogP) is 2.32. The zero-order valence-electron chi connectivity index (χ0n) is 15.1. The summed E-state index contributed by atoms with van der Waals surface area (Å²) in [5.41, 5.74) is 0.336. The zero-order chi connectivity index (χ0) is 19.8. The topological polar surface area (TPSA) is 119 Å². The number of carbonyl (C=O) groups excluding carboxylic acids is 1. The number of aliphatic carboxylic acids is 1. The molecule has 1 aliphatic heterocycles. The van der Waals surface area contributed by atoms with Gasteiger partial charge in [-0.1, -0.05) is 0 Å². The SMILES string of the molecule is Cn1cc(C(=O)N2CCCC(C)(C(=O)O)C2)c(-c2ccc([N+](=O)[O-])cc2)n1. The van der Waals surface area contributed by atoms with Crippen LogP contribution >= 0.6 is 0 Å². The average Bonchev–Trinajstić information content (AvgIpc) is 3.03. The molecule has 0 spiro atoms. The van der Waals surface area contributed by atoms with Gasteiger partial charge < -0.3 is 10.0 Å². The molecule has 1 aromatic carbocycles. The van der Waals surface area contributed by atoms with E-state index >= 15 is 0 Å². The molecule has 27 heavy (non-hydrogen) atoms. The van der Waals surface area contributed by atoms with Crippen molar-refractivity contribution in [3.63, 3.8) is 0 Å². The van der Waals surface area contributed by atoms with E-state index in [0.29, 0.717) is 36.2 Å². The molecule has 0 radical (unpaired) electrons. The van der Waals surface area contributed by atoms with Crippen molar-refractivity contribution < 1.29 is 19.6 Å². The number of hydrogen-bond donors (Lipinski definition) is 1. The molecule has 0 bridgehead atoms. The molecule has 1 unspecified atom stereocenters. The van der Waals surface area contributed by atoms with Gasteiger partial charge in [-0.15, -0.1) is 0 Å². The third-order valence-corrected chi connectivity index (χ3v) is 4.91. The lowest BCUT2D eigenvalue weighted by Gasteiger charge is -2.37. The number of aromatic nitrogens is 2. The van der Waals surface area contributed by atoms with Crippen LogP contribution in [0.5, 0.6) is 0 Å². The molecule has 1 aromatic heterocycles. The van der Waals surface area contributed by atoms with Crippen LogP contribution < -0.4 is 0 Å². The van der Waals surface area contributed by atoms with Crippen LogP contribution in [-0.4, -0.2) is 49.7 Å². The first-order valence-corrected chi connectivity index (χ1v) is 8.52. The molecule has 1 saturated heterocycles. The summed E-state index contributed by atoms with van der Waals surface area (Å²) in [6.45, 7) is 2.27. The van der Waals surface area contributed by atoms with E-state index in [2.05, 4.69) is 5.10 Å². The van der Waals surface area contributed by atoms with Gasteiger partial charge in [-0.3, -0.25) is 24.4 Å². The van der Waals surface area contributed by atoms with E-state index in [-0.39, 0.29) is 18.1 Å². The molecule has 9 nitrogen and oxygen atoms in total. The van der Waals surface area contributed by atoms with Gasteiger partial charge in [0.25, 0.3) is 11.6 Å². The number of amides is 1. The standard InChI is InChI=1S/C18H20N4O5/c1-18(17(24)25)8-3-9-21(11-18)16(23)14-10-20(2)19-15(14)12-4-6-13(7-5-12)22(26)27/h4-7,10H,3,8-9,11H2,1-2H3,(H,24,25). The minimum atomic E-state index is -0.969. The number of nitro groups is 1. The highest BCUT2D eigenvalue weighted by molar-refractivity contribution is 6.00. The van der Waals surface area contributed by atoms with Gasteiger partial charge in [0, 0.05) is 44.0 Å². The van der Waals surface area contributed by atoms with Crippen LogP contribution in [0.15, 0.2) is 30.5 Å². The minimum Gasteiger partial charge on any atom is -0.481 e. The van der Waals surface area contributed by atoms with Gasteiger partial charge in [-0.2, -0.15) is 5.10 Å². The maximum Gasteiger partial charge on any atom is 0.311 e. The van der Waals surface area contributed by atoms with Gasteiger partial charge in [-0.25, -0.2) is 0 Å². The molecule has 0 aliphatic carbocycles. The summed E-state index contributed by atoms with van der Waals surface area (Å²) in [4.78, 5) is 36.5. The summed E-state index contributed by atoms with van der Waals surface area (Å²) >= 11 is 0. The molecule has 2 aromatic rings. The van der Waals surface area contributed by atoms with Crippen LogP contribution in [0.4, 0.5) is 5.69 Å². The van der Waals surface area contributed by atoms with Gasteiger partial charge in [0.1, 0.15) is 5.69 Å². The Morgan fingerprint density at radius 2 is 1.96 bits per heavy atom. The zero-order valence-corrected chi connectivity index (χ0v) is 15.1. The third-order valence-electron chi connectivity index (χ3n) is 4.91. The second-order valence-electron chi connectivity index (χ2n) is 7.07. The van der Waals surface area contributed by atoms with Crippen molar-refractivity contribution in [3.8, 4) is 11.3 Å². The Morgan fingerprint density at radius 1 is 1.30 bits per heavy atom. The van der Waals surface area contributed by atoms with Crippen LogP contribution in [-0.2, 0) is 11.8 Å². The Kier molecular flexibility index (Phi) is 4.69. The van der Waals surface area contributed by atoms with Gasteiger partial charge in [0.05, 0.1) is 15.9 Å². The summed E-state index contributed by atoms with van der Waals surface area (Å²) < 4.78 is 1.50. The Balaban J connectivity index is 1.92. The number of piperidine rings is 1.